The summed E-state index contributed by atoms with van der Waals surface area (Å²) < 4.78 is 0. The molecule has 3 aromatic carbocycles. The lowest BCUT2D eigenvalue weighted by Crippen LogP contribution is -2.39. The van der Waals surface area contributed by atoms with Gasteiger partial charge in [-0.3, -0.25) is 9.74 Å². The average Bonchev–Trinajstić information content (AvgIpc) is 3.25. The largest absolute Gasteiger partial charge is 0.294 e. The Morgan fingerprint density at radius 2 is 1.34 bits per heavy atom. The molecule has 0 bridgehead atoms. The number of hydrogen-bond donors (Lipinski definition) is 0. The third-order valence-corrected chi connectivity index (χ3v) is 6.78. The van der Waals surface area contributed by atoms with Crippen molar-refractivity contribution in [2.45, 2.75) is 31.2 Å². The molecular formula is C26H28N2O. The molecule has 0 N–H and O–H groups in total. The maximum atomic E-state index is 6.76. The zero-order valence-electron chi connectivity index (χ0n) is 17.1. The molecule has 0 saturated carbocycles. The summed E-state index contributed by atoms with van der Waals surface area (Å²) in [7, 11) is 2.10. The van der Waals surface area contributed by atoms with Gasteiger partial charge in [0.05, 0.1) is 6.04 Å². The molecule has 148 valence electrons. The summed E-state index contributed by atoms with van der Waals surface area (Å²) in [5, 5.41) is 2.13. The van der Waals surface area contributed by atoms with Crippen molar-refractivity contribution in [3.8, 4) is 0 Å². The molecule has 0 spiro atoms. The van der Waals surface area contributed by atoms with Crippen LogP contribution >= 0.6 is 0 Å². The molecule has 3 atom stereocenters. The Hall–Kier alpha value is -2.46. The van der Waals surface area contributed by atoms with E-state index in [2.05, 4.69) is 115 Å². The van der Waals surface area contributed by atoms with Crippen molar-refractivity contribution in [2.24, 2.45) is 5.92 Å². The van der Waals surface area contributed by atoms with Gasteiger partial charge in [-0.25, -0.2) is 0 Å². The molecule has 0 aliphatic carbocycles. The minimum absolute atomic E-state index is 0.346. The highest BCUT2D eigenvalue weighted by atomic mass is 16.7. The lowest BCUT2D eigenvalue weighted by molar-refractivity contribution is -0.191. The van der Waals surface area contributed by atoms with Crippen molar-refractivity contribution in [3.05, 3.63) is 108 Å². The number of hydroxylamine groups is 2. The summed E-state index contributed by atoms with van der Waals surface area (Å²) in [6.07, 6.45) is 0. The Labute approximate surface area is 173 Å². The van der Waals surface area contributed by atoms with E-state index in [9.17, 15) is 0 Å². The molecule has 2 fully saturated rings. The summed E-state index contributed by atoms with van der Waals surface area (Å²) in [5.41, 5.74) is 3.38. The van der Waals surface area contributed by atoms with E-state index in [4.69, 9.17) is 4.84 Å². The Bertz CT molecular complexity index is 905. The van der Waals surface area contributed by atoms with Crippen LogP contribution in [0.3, 0.4) is 0 Å². The Kier molecular flexibility index (Phi) is 4.75. The van der Waals surface area contributed by atoms with E-state index in [0.717, 1.165) is 13.1 Å². The Morgan fingerprint density at radius 3 is 1.90 bits per heavy atom. The van der Waals surface area contributed by atoms with Gasteiger partial charge in [0.25, 0.3) is 0 Å². The molecule has 0 amide bonds. The zero-order valence-corrected chi connectivity index (χ0v) is 17.1. The monoisotopic (exact) mass is 384 g/mol. The SMILES string of the molecule is C[C@H]1[C@H]2[C@@H](CN1Cc1ccccc1)C(c1ccccc1)(c1ccccc1)ON2C. The maximum Gasteiger partial charge on any atom is 0.145 e. The quantitative estimate of drug-likeness (QED) is 0.649. The van der Waals surface area contributed by atoms with Crippen LogP contribution in [0.4, 0.5) is 0 Å². The van der Waals surface area contributed by atoms with Crippen LogP contribution in [0.1, 0.15) is 23.6 Å². The smallest absolute Gasteiger partial charge is 0.145 e. The van der Waals surface area contributed by atoms with Gasteiger partial charge < -0.3 is 0 Å². The normalized spacial score (nSPS) is 26.5. The van der Waals surface area contributed by atoms with Crippen LogP contribution in [0.25, 0.3) is 0 Å². The second-order valence-electron chi connectivity index (χ2n) is 8.36. The second kappa shape index (κ2) is 7.42. The molecule has 3 aromatic rings. The highest BCUT2D eigenvalue weighted by molar-refractivity contribution is 5.40. The molecule has 0 aromatic heterocycles. The van der Waals surface area contributed by atoms with Crippen molar-refractivity contribution in [2.75, 3.05) is 13.6 Å². The molecule has 3 nitrogen and oxygen atoms in total. The van der Waals surface area contributed by atoms with Crippen LogP contribution in [0.2, 0.25) is 0 Å². The fourth-order valence-corrected chi connectivity index (χ4v) is 5.46. The third-order valence-electron chi connectivity index (χ3n) is 6.78. The first-order valence-electron chi connectivity index (χ1n) is 10.5. The molecule has 0 radical (unpaired) electrons. The number of fused-ring (bicyclic) bond motifs is 1. The first-order valence-corrected chi connectivity index (χ1v) is 10.5. The summed E-state index contributed by atoms with van der Waals surface area (Å²) in [6.45, 7) is 4.33. The van der Waals surface area contributed by atoms with Gasteiger partial charge in [-0.05, 0) is 23.6 Å². The van der Waals surface area contributed by atoms with Crippen LogP contribution in [0.15, 0.2) is 91.0 Å². The van der Waals surface area contributed by atoms with Crippen LogP contribution in [-0.2, 0) is 17.0 Å². The molecule has 2 aliphatic heterocycles. The van der Waals surface area contributed by atoms with Crippen LogP contribution in [-0.4, -0.2) is 35.6 Å². The van der Waals surface area contributed by atoms with Gasteiger partial charge >= 0.3 is 0 Å². The fraction of sp³-hybridized carbons (Fsp3) is 0.308. The Balaban J connectivity index is 1.57. The molecule has 0 unspecified atom stereocenters. The molecule has 3 heteroatoms. The molecule has 2 heterocycles. The van der Waals surface area contributed by atoms with E-state index in [-0.39, 0.29) is 0 Å². The van der Waals surface area contributed by atoms with E-state index in [0.29, 0.717) is 18.0 Å². The number of likely N-dealkylation sites (N-methyl/N-ethyl adjacent to an activating group) is 1. The first kappa shape index (κ1) is 18.6. The lowest BCUT2D eigenvalue weighted by atomic mass is 9.74. The predicted molar refractivity (Wildman–Crippen MR) is 116 cm³/mol. The van der Waals surface area contributed by atoms with Gasteiger partial charge in [-0.15, -0.1) is 0 Å². The minimum atomic E-state index is -0.457. The Morgan fingerprint density at radius 1 is 0.828 bits per heavy atom. The summed E-state index contributed by atoms with van der Waals surface area (Å²) in [6, 6.07) is 33.1. The molecule has 2 aliphatic rings. The second-order valence-corrected chi connectivity index (χ2v) is 8.36. The number of benzene rings is 3. The van der Waals surface area contributed by atoms with Crippen LogP contribution < -0.4 is 0 Å². The first-order chi connectivity index (χ1) is 14.2. The topological polar surface area (TPSA) is 15.7 Å². The number of likely N-dealkylation sites (tertiary alicyclic amines) is 1. The minimum Gasteiger partial charge on any atom is -0.294 e. The standard InChI is InChI=1S/C26H28N2O/c1-20-25-24(19-28(20)18-21-12-6-3-7-13-21)26(29-27(25)2,22-14-8-4-9-15-22)23-16-10-5-11-17-23/h3-17,20,24-25H,18-19H2,1-2H3/t20-,24+,25-/m0/s1. The molecule has 2 saturated heterocycles. The highest BCUT2D eigenvalue weighted by Crippen LogP contribution is 2.52. The van der Waals surface area contributed by atoms with Crippen LogP contribution in [0.5, 0.6) is 0 Å². The van der Waals surface area contributed by atoms with Gasteiger partial charge in [0, 0.05) is 32.1 Å². The fourth-order valence-electron chi connectivity index (χ4n) is 5.46. The average molecular weight is 385 g/mol. The van der Waals surface area contributed by atoms with Gasteiger partial charge in [0.2, 0.25) is 0 Å². The van der Waals surface area contributed by atoms with Gasteiger partial charge in [-0.1, -0.05) is 91.0 Å². The van der Waals surface area contributed by atoms with E-state index >= 15 is 0 Å². The predicted octanol–water partition coefficient (Wildman–Crippen LogP) is 4.70. The number of rotatable bonds is 4. The zero-order chi connectivity index (χ0) is 19.8. The van der Waals surface area contributed by atoms with Gasteiger partial charge in [0.1, 0.15) is 5.60 Å². The van der Waals surface area contributed by atoms with Crippen molar-refractivity contribution in [3.63, 3.8) is 0 Å². The van der Waals surface area contributed by atoms with E-state index < -0.39 is 5.60 Å². The highest BCUT2D eigenvalue weighted by Gasteiger charge is 2.60. The molecular weight excluding hydrogens is 356 g/mol. The third kappa shape index (κ3) is 3.01. The van der Waals surface area contributed by atoms with Crippen molar-refractivity contribution >= 4 is 0 Å². The van der Waals surface area contributed by atoms with E-state index in [1.807, 2.05) is 0 Å². The molecule has 5 rings (SSSR count). The van der Waals surface area contributed by atoms with Crippen molar-refractivity contribution in [1.29, 1.82) is 0 Å². The van der Waals surface area contributed by atoms with Gasteiger partial charge in [-0.2, -0.15) is 5.06 Å². The van der Waals surface area contributed by atoms with Crippen molar-refractivity contribution < 1.29 is 4.84 Å². The number of hydrogen-bond acceptors (Lipinski definition) is 3. The summed E-state index contributed by atoms with van der Waals surface area (Å²) in [5.74, 6) is 0.357. The lowest BCUT2D eigenvalue weighted by Gasteiger charge is -2.35. The molecule has 29 heavy (non-hydrogen) atoms. The van der Waals surface area contributed by atoms with E-state index in [1.54, 1.807) is 0 Å². The maximum absolute atomic E-state index is 6.76. The van der Waals surface area contributed by atoms with Gasteiger partial charge in [0.15, 0.2) is 0 Å². The van der Waals surface area contributed by atoms with Crippen LogP contribution in [0, 0.1) is 5.92 Å². The summed E-state index contributed by atoms with van der Waals surface area (Å²) in [4.78, 5) is 9.38. The summed E-state index contributed by atoms with van der Waals surface area (Å²) >= 11 is 0. The van der Waals surface area contributed by atoms with Crippen molar-refractivity contribution in [1.82, 2.24) is 9.96 Å². The number of nitrogens with zero attached hydrogens (tertiary/aromatic N) is 2. The van der Waals surface area contributed by atoms with E-state index in [1.165, 1.54) is 16.7 Å².